The largest absolute Gasteiger partial charge is 0.673 e. The third-order valence-electron chi connectivity index (χ3n) is 2.41. The molecule has 112 valence electrons. The Balaban J connectivity index is 0.000000621. The molecule has 0 aliphatic carbocycles. The van der Waals surface area contributed by atoms with Crippen LogP contribution in [0.2, 0.25) is 0 Å². The normalized spacial score (nSPS) is 11.9. The standard InChI is InChI=1S/C11H16N3O.BF4/c1-4-14(9(3)15)10-5-6-11(13-12)8(2)7-10;2-1(3,4)5/h5-7,9,15H,4H2,1-3H3;/q+1;-1. The van der Waals surface area contributed by atoms with Crippen molar-refractivity contribution in [2.75, 3.05) is 11.4 Å². The maximum Gasteiger partial charge on any atom is 0.673 e. The van der Waals surface area contributed by atoms with Crippen LogP contribution in [-0.2, 0) is 0 Å². The lowest BCUT2D eigenvalue weighted by molar-refractivity contribution is 0.190. The minimum absolute atomic E-state index is 0.522. The number of aliphatic hydroxyl groups excluding tert-OH is 1. The zero-order valence-corrected chi connectivity index (χ0v) is 11.4. The average Bonchev–Trinajstić information content (AvgIpc) is 2.27. The number of anilines is 1. The van der Waals surface area contributed by atoms with E-state index in [1.807, 2.05) is 30.9 Å². The van der Waals surface area contributed by atoms with Gasteiger partial charge in [-0.2, -0.15) is 0 Å². The Morgan fingerprint density at radius 1 is 1.35 bits per heavy atom. The minimum Gasteiger partial charge on any atom is -0.418 e. The number of rotatable bonds is 3. The van der Waals surface area contributed by atoms with Crippen molar-refractivity contribution in [3.05, 3.63) is 28.7 Å². The molecule has 0 spiro atoms. The first-order chi connectivity index (χ1) is 9.10. The summed E-state index contributed by atoms with van der Waals surface area (Å²) in [6, 6.07) is 5.46. The van der Waals surface area contributed by atoms with Gasteiger partial charge >= 0.3 is 12.9 Å². The second kappa shape index (κ2) is 7.70. The minimum atomic E-state index is -6.00. The maximum atomic E-state index is 9.75. The maximum absolute atomic E-state index is 9.75. The molecule has 0 aliphatic rings. The Bertz CT molecular complexity index is 468. The molecule has 1 N–H and O–H groups in total. The predicted octanol–water partition coefficient (Wildman–Crippen LogP) is 3.94. The lowest BCUT2D eigenvalue weighted by Gasteiger charge is -2.26. The number of halogens is 4. The number of hydrogen-bond donors (Lipinski definition) is 1. The molecule has 20 heavy (non-hydrogen) atoms. The molecule has 0 saturated carbocycles. The van der Waals surface area contributed by atoms with Crippen LogP contribution in [0.5, 0.6) is 0 Å². The smallest absolute Gasteiger partial charge is 0.418 e. The van der Waals surface area contributed by atoms with Gasteiger partial charge in [-0.05, 0) is 32.9 Å². The van der Waals surface area contributed by atoms with E-state index in [9.17, 15) is 22.4 Å². The number of nitrogens with zero attached hydrogens (tertiary/aromatic N) is 3. The fourth-order valence-corrected chi connectivity index (χ4v) is 1.59. The molecular weight excluding hydrogens is 277 g/mol. The lowest BCUT2D eigenvalue weighted by atomic mass is 10.1. The van der Waals surface area contributed by atoms with Crippen LogP contribution in [-0.4, -0.2) is 25.1 Å². The van der Waals surface area contributed by atoms with Crippen molar-refractivity contribution in [2.45, 2.75) is 27.0 Å². The molecule has 1 aromatic rings. The number of aliphatic hydroxyl groups is 1. The first-order valence-corrected chi connectivity index (χ1v) is 5.88. The molecule has 0 aromatic heterocycles. The fraction of sp³-hybridized carbons (Fsp3) is 0.455. The van der Waals surface area contributed by atoms with Crippen molar-refractivity contribution in [3.8, 4) is 0 Å². The summed E-state index contributed by atoms with van der Waals surface area (Å²) in [5.74, 6) is 0. The van der Waals surface area contributed by atoms with Gasteiger partial charge in [0.25, 0.3) is 0 Å². The van der Waals surface area contributed by atoms with Crippen LogP contribution in [0.25, 0.3) is 4.98 Å². The lowest BCUT2D eigenvalue weighted by Crippen LogP contribution is -2.32. The van der Waals surface area contributed by atoms with Crippen molar-refractivity contribution < 1.29 is 22.4 Å². The average molecular weight is 293 g/mol. The van der Waals surface area contributed by atoms with Crippen LogP contribution in [0, 0.1) is 12.3 Å². The second-order valence-electron chi connectivity index (χ2n) is 3.98. The Morgan fingerprint density at radius 2 is 1.85 bits per heavy atom. The zero-order valence-electron chi connectivity index (χ0n) is 11.4. The van der Waals surface area contributed by atoms with E-state index in [-0.39, 0.29) is 0 Å². The number of benzene rings is 1. The highest BCUT2D eigenvalue weighted by Crippen LogP contribution is 2.25. The van der Waals surface area contributed by atoms with Gasteiger partial charge in [-0.3, -0.25) is 0 Å². The van der Waals surface area contributed by atoms with Gasteiger partial charge in [0.2, 0.25) is 5.39 Å². The highest BCUT2D eigenvalue weighted by Gasteiger charge is 2.20. The first-order valence-electron chi connectivity index (χ1n) is 5.88. The van der Waals surface area contributed by atoms with Crippen LogP contribution in [0.1, 0.15) is 19.4 Å². The van der Waals surface area contributed by atoms with Gasteiger partial charge in [-0.1, -0.05) is 0 Å². The Labute approximate surface area is 114 Å². The molecule has 0 heterocycles. The van der Waals surface area contributed by atoms with Gasteiger partial charge in [0.15, 0.2) is 4.98 Å². The summed E-state index contributed by atoms with van der Waals surface area (Å²) in [7, 11) is -6.00. The van der Waals surface area contributed by atoms with Crippen LogP contribution in [0.15, 0.2) is 18.2 Å². The molecule has 0 bridgehead atoms. The third-order valence-corrected chi connectivity index (χ3v) is 2.41. The molecule has 0 saturated heterocycles. The van der Waals surface area contributed by atoms with E-state index in [1.54, 1.807) is 13.0 Å². The van der Waals surface area contributed by atoms with E-state index in [2.05, 4.69) is 4.98 Å². The molecule has 4 nitrogen and oxygen atoms in total. The van der Waals surface area contributed by atoms with Crippen molar-refractivity contribution >= 4 is 18.6 Å². The predicted molar refractivity (Wildman–Crippen MR) is 70.8 cm³/mol. The van der Waals surface area contributed by atoms with Crippen molar-refractivity contribution in [2.24, 2.45) is 0 Å². The summed E-state index contributed by atoms with van der Waals surface area (Å²) in [6.45, 7) is 6.30. The summed E-state index contributed by atoms with van der Waals surface area (Å²) >= 11 is 0. The molecule has 1 aromatic carbocycles. The van der Waals surface area contributed by atoms with Crippen LogP contribution < -0.4 is 4.90 Å². The molecule has 1 atom stereocenters. The van der Waals surface area contributed by atoms with Crippen molar-refractivity contribution in [1.29, 1.82) is 5.39 Å². The molecule has 0 fully saturated rings. The number of hydrogen-bond acceptors (Lipinski definition) is 3. The van der Waals surface area contributed by atoms with E-state index in [4.69, 9.17) is 5.39 Å². The Kier molecular flexibility index (Phi) is 7.00. The SMILES string of the molecule is CCN(c1ccc([N+]#N)c(C)c1)C(C)O.F[B-](F)(F)F. The zero-order chi connectivity index (χ0) is 15.9. The second-order valence-corrected chi connectivity index (χ2v) is 3.98. The van der Waals surface area contributed by atoms with E-state index >= 15 is 0 Å². The molecule has 9 heteroatoms. The molecule has 0 aliphatic heterocycles. The van der Waals surface area contributed by atoms with Gasteiger partial charge in [-0.25, -0.2) is 0 Å². The van der Waals surface area contributed by atoms with E-state index in [1.165, 1.54) is 0 Å². The Morgan fingerprint density at radius 3 is 2.15 bits per heavy atom. The van der Waals surface area contributed by atoms with E-state index in [0.717, 1.165) is 17.8 Å². The number of aryl methyl sites for hydroxylation is 1. The highest BCUT2D eigenvalue weighted by molar-refractivity contribution is 6.50. The van der Waals surface area contributed by atoms with Gasteiger partial charge in [0.1, 0.15) is 6.23 Å². The van der Waals surface area contributed by atoms with Crippen molar-refractivity contribution in [3.63, 3.8) is 0 Å². The summed E-state index contributed by atoms with van der Waals surface area (Å²) in [6.07, 6.45) is -0.522. The van der Waals surface area contributed by atoms with Gasteiger partial charge in [0.05, 0.1) is 0 Å². The Hall–Kier alpha value is -1.82. The molecule has 0 radical (unpaired) electrons. The fourth-order valence-electron chi connectivity index (χ4n) is 1.59. The summed E-state index contributed by atoms with van der Waals surface area (Å²) in [4.78, 5) is 5.02. The monoisotopic (exact) mass is 293 g/mol. The number of diazo groups is 1. The summed E-state index contributed by atoms with van der Waals surface area (Å²) < 4.78 is 39.0. The molecule has 0 amide bonds. The third kappa shape index (κ3) is 6.94. The summed E-state index contributed by atoms with van der Waals surface area (Å²) in [5, 5.41) is 18.2. The highest BCUT2D eigenvalue weighted by atomic mass is 19.5. The van der Waals surface area contributed by atoms with Gasteiger partial charge in [0, 0.05) is 23.9 Å². The first kappa shape index (κ1) is 18.2. The van der Waals surface area contributed by atoms with Gasteiger partial charge in [-0.15, -0.1) is 0 Å². The topological polar surface area (TPSA) is 51.6 Å². The summed E-state index contributed by atoms with van der Waals surface area (Å²) in [5.41, 5.74) is 2.37. The van der Waals surface area contributed by atoms with E-state index < -0.39 is 13.5 Å². The van der Waals surface area contributed by atoms with Crippen molar-refractivity contribution in [1.82, 2.24) is 0 Å². The van der Waals surface area contributed by atoms with Crippen LogP contribution >= 0.6 is 0 Å². The van der Waals surface area contributed by atoms with Gasteiger partial charge < -0.3 is 27.3 Å². The quantitative estimate of drug-likeness (QED) is 0.397. The molecular formula is C11H16BF4N3O. The molecule has 1 unspecified atom stereocenters. The van der Waals surface area contributed by atoms with Crippen LogP contribution in [0.3, 0.4) is 0 Å². The van der Waals surface area contributed by atoms with E-state index in [0.29, 0.717) is 5.69 Å². The van der Waals surface area contributed by atoms with Crippen LogP contribution in [0.4, 0.5) is 28.6 Å². The molecule has 1 rings (SSSR count).